The number of hydrogen-bond acceptors (Lipinski definition) is 0. The molecule has 0 N–H and O–H groups in total. The van der Waals surface area contributed by atoms with Crippen molar-refractivity contribution >= 4 is 11.9 Å². The van der Waals surface area contributed by atoms with E-state index in [0.717, 1.165) is 19.3 Å². The van der Waals surface area contributed by atoms with Crippen LogP contribution in [0.1, 0.15) is 83.1 Å². The van der Waals surface area contributed by atoms with E-state index in [9.17, 15) is 0 Å². The summed E-state index contributed by atoms with van der Waals surface area (Å²) in [5, 5.41) is 0. The van der Waals surface area contributed by atoms with Crippen LogP contribution in [-0.4, -0.2) is 16.3 Å². The predicted octanol–water partition coefficient (Wildman–Crippen LogP) is 7.08. The third kappa shape index (κ3) is 4.09. The summed E-state index contributed by atoms with van der Waals surface area (Å²) in [5.74, 6) is 0.593. The van der Waals surface area contributed by atoms with Gasteiger partial charge >= 0.3 is 0 Å². The first-order valence-electron chi connectivity index (χ1n) is 11.0. The average Bonchev–Trinajstić information content (AvgIpc) is 2.89. The van der Waals surface area contributed by atoms with E-state index in [0.29, 0.717) is 5.92 Å². The summed E-state index contributed by atoms with van der Waals surface area (Å²) in [6.07, 6.45) is 6.97. The molecule has 1 heterocycles. The minimum Gasteiger partial charge on any atom is -0.197 e. The van der Waals surface area contributed by atoms with Crippen LogP contribution in [0.3, 0.4) is 0 Å². The standard InChI is InChI=1S/C27H38N/c1-8-22-11-10-12-23(9-2)25(22)28-19-27(7,18-26(28,5)6)17-21-13-15-24(16-14-21)20(3)4/h10-16,19-20H,8-9,17-18H2,1-7H3/q+1/t27-/m0/s1. The van der Waals surface area contributed by atoms with Crippen molar-refractivity contribution in [3.63, 3.8) is 0 Å². The lowest BCUT2D eigenvalue weighted by molar-refractivity contribution is -0.512. The first-order valence-corrected chi connectivity index (χ1v) is 11.0. The molecular weight excluding hydrogens is 338 g/mol. The lowest BCUT2D eigenvalue weighted by Crippen LogP contribution is -2.31. The summed E-state index contributed by atoms with van der Waals surface area (Å²) in [4.78, 5) is 0. The Morgan fingerprint density at radius 3 is 1.96 bits per heavy atom. The Balaban J connectivity index is 1.98. The number of aryl methyl sites for hydroxylation is 2. The molecule has 0 saturated heterocycles. The van der Waals surface area contributed by atoms with Crippen molar-refractivity contribution in [2.45, 2.75) is 85.6 Å². The second-order valence-electron chi connectivity index (χ2n) is 9.85. The van der Waals surface area contributed by atoms with E-state index in [1.807, 2.05) is 0 Å². The summed E-state index contributed by atoms with van der Waals surface area (Å²) in [5.41, 5.74) is 7.56. The molecule has 1 aliphatic heterocycles. The van der Waals surface area contributed by atoms with Crippen molar-refractivity contribution in [1.29, 1.82) is 0 Å². The van der Waals surface area contributed by atoms with E-state index in [4.69, 9.17) is 0 Å². The van der Waals surface area contributed by atoms with Crippen LogP contribution in [0.2, 0.25) is 0 Å². The largest absolute Gasteiger partial charge is 0.211 e. The number of para-hydroxylation sites is 1. The maximum Gasteiger partial charge on any atom is 0.211 e. The molecule has 0 aliphatic carbocycles. The van der Waals surface area contributed by atoms with Crippen molar-refractivity contribution < 1.29 is 4.58 Å². The molecular formula is C27H38N+. The van der Waals surface area contributed by atoms with Gasteiger partial charge in [-0.15, -0.1) is 0 Å². The molecule has 1 atom stereocenters. The van der Waals surface area contributed by atoms with Gasteiger partial charge in [0.25, 0.3) is 0 Å². The zero-order valence-electron chi connectivity index (χ0n) is 19.0. The monoisotopic (exact) mass is 376 g/mol. The number of hydrogen-bond donors (Lipinski definition) is 0. The number of rotatable bonds is 6. The highest BCUT2D eigenvalue weighted by atomic mass is 15.1. The van der Waals surface area contributed by atoms with Crippen molar-refractivity contribution in [3.05, 3.63) is 64.7 Å². The van der Waals surface area contributed by atoms with Gasteiger partial charge in [-0.25, -0.2) is 0 Å². The minimum atomic E-state index is 0.127. The Kier molecular flexibility index (Phi) is 5.84. The third-order valence-corrected chi connectivity index (χ3v) is 6.39. The van der Waals surface area contributed by atoms with Crippen LogP contribution in [0.15, 0.2) is 42.5 Å². The molecule has 0 unspecified atom stereocenters. The van der Waals surface area contributed by atoms with Crippen molar-refractivity contribution in [2.75, 3.05) is 0 Å². The molecule has 1 heteroatoms. The lowest BCUT2D eigenvalue weighted by atomic mass is 9.78. The Hall–Kier alpha value is -1.89. The summed E-state index contributed by atoms with van der Waals surface area (Å²) < 4.78 is 2.60. The molecule has 0 aromatic heterocycles. The highest BCUT2D eigenvalue weighted by Crippen LogP contribution is 2.43. The molecule has 28 heavy (non-hydrogen) atoms. The normalized spacial score (nSPS) is 21.2. The lowest BCUT2D eigenvalue weighted by Gasteiger charge is -2.23. The van der Waals surface area contributed by atoms with E-state index in [1.54, 1.807) is 0 Å². The average molecular weight is 377 g/mol. The van der Waals surface area contributed by atoms with Crippen molar-refractivity contribution in [2.24, 2.45) is 5.41 Å². The van der Waals surface area contributed by atoms with Gasteiger partial charge in [0.2, 0.25) is 5.69 Å². The predicted molar refractivity (Wildman–Crippen MR) is 122 cm³/mol. The minimum absolute atomic E-state index is 0.127. The molecule has 0 radical (unpaired) electrons. The van der Waals surface area contributed by atoms with Gasteiger partial charge in [-0.2, -0.15) is 4.58 Å². The summed E-state index contributed by atoms with van der Waals surface area (Å²) in [6, 6.07) is 16.1. The summed E-state index contributed by atoms with van der Waals surface area (Å²) >= 11 is 0. The van der Waals surface area contributed by atoms with E-state index in [1.165, 1.54) is 34.4 Å². The van der Waals surface area contributed by atoms with Gasteiger partial charge in [0, 0.05) is 31.4 Å². The molecule has 150 valence electrons. The first-order chi connectivity index (χ1) is 13.2. The molecule has 0 spiro atoms. The van der Waals surface area contributed by atoms with Crippen LogP contribution in [0.5, 0.6) is 0 Å². The Bertz CT molecular complexity index is 832. The van der Waals surface area contributed by atoms with Crippen LogP contribution >= 0.6 is 0 Å². The fourth-order valence-corrected chi connectivity index (χ4v) is 5.09. The second-order valence-corrected chi connectivity index (χ2v) is 9.85. The van der Waals surface area contributed by atoms with Gasteiger partial charge in [0.05, 0.1) is 5.41 Å². The van der Waals surface area contributed by atoms with Gasteiger partial charge in [-0.05, 0) is 43.2 Å². The molecule has 0 amide bonds. The zero-order valence-corrected chi connectivity index (χ0v) is 19.0. The van der Waals surface area contributed by atoms with Crippen LogP contribution in [-0.2, 0) is 19.3 Å². The smallest absolute Gasteiger partial charge is 0.197 e. The van der Waals surface area contributed by atoms with Crippen LogP contribution in [0, 0.1) is 5.41 Å². The SMILES string of the molecule is CCc1cccc(CC)c1[N+]1=C[C@@](C)(Cc2ccc(C(C)C)cc2)CC1(C)C. The molecule has 3 rings (SSSR count). The van der Waals surface area contributed by atoms with E-state index in [2.05, 4.69) is 102 Å². The van der Waals surface area contributed by atoms with Gasteiger partial charge in [-0.1, -0.05) is 70.2 Å². The van der Waals surface area contributed by atoms with Gasteiger partial charge in [-0.3, -0.25) is 0 Å². The highest BCUT2D eigenvalue weighted by molar-refractivity contribution is 5.67. The molecule has 0 bridgehead atoms. The van der Waals surface area contributed by atoms with Gasteiger partial charge in [0.15, 0.2) is 11.8 Å². The molecule has 0 fully saturated rings. The Morgan fingerprint density at radius 1 is 0.893 bits per heavy atom. The topological polar surface area (TPSA) is 3.01 Å². The number of benzene rings is 2. The Labute approximate surface area is 172 Å². The third-order valence-electron chi connectivity index (χ3n) is 6.39. The van der Waals surface area contributed by atoms with E-state index < -0.39 is 0 Å². The summed E-state index contributed by atoms with van der Waals surface area (Å²) in [6.45, 7) is 16.3. The van der Waals surface area contributed by atoms with Crippen LogP contribution in [0.4, 0.5) is 5.69 Å². The Morgan fingerprint density at radius 2 is 1.46 bits per heavy atom. The van der Waals surface area contributed by atoms with Crippen molar-refractivity contribution in [3.8, 4) is 0 Å². The highest BCUT2D eigenvalue weighted by Gasteiger charge is 2.49. The quantitative estimate of drug-likeness (QED) is 0.474. The molecule has 1 nitrogen and oxygen atoms in total. The molecule has 0 saturated carbocycles. The van der Waals surface area contributed by atoms with E-state index >= 15 is 0 Å². The first kappa shape index (κ1) is 20.8. The van der Waals surface area contributed by atoms with E-state index in [-0.39, 0.29) is 11.0 Å². The van der Waals surface area contributed by atoms with Gasteiger partial charge < -0.3 is 0 Å². The maximum absolute atomic E-state index is 2.60. The molecule has 2 aromatic carbocycles. The van der Waals surface area contributed by atoms with Crippen molar-refractivity contribution in [1.82, 2.24) is 0 Å². The molecule has 2 aromatic rings. The van der Waals surface area contributed by atoms with Crippen LogP contribution < -0.4 is 0 Å². The summed E-state index contributed by atoms with van der Waals surface area (Å²) in [7, 11) is 0. The van der Waals surface area contributed by atoms with Crippen LogP contribution in [0.25, 0.3) is 0 Å². The van der Waals surface area contributed by atoms with Gasteiger partial charge in [0.1, 0.15) is 0 Å². The maximum atomic E-state index is 2.60. The molecule has 1 aliphatic rings. The zero-order chi connectivity index (χ0) is 20.5. The fourth-order valence-electron chi connectivity index (χ4n) is 5.09. The fraction of sp³-hybridized carbons (Fsp3) is 0.519. The second kappa shape index (κ2) is 7.85. The number of nitrogens with zero attached hydrogens (tertiary/aromatic N) is 1.